The number of nitrogens with zero attached hydrogens (tertiary/aromatic N) is 1. The third-order valence-corrected chi connectivity index (χ3v) is 2.80. The second kappa shape index (κ2) is 5.32. The third-order valence-electron chi connectivity index (χ3n) is 2.50. The molecule has 0 unspecified atom stereocenters. The molecule has 0 spiro atoms. The van der Waals surface area contributed by atoms with Gasteiger partial charge in [0.1, 0.15) is 16.8 Å². The van der Waals surface area contributed by atoms with E-state index in [1.54, 1.807) is 6.92 Å². The predicted octanol–water partition coefficient (Wildman–Crippen LogP) is 3.57. The van der Waals surface area contributed by atoms with Gasteiger partial charge in [-0.3, -0.25) is 4.79 Å². The van der Waals surface area contributed by atoms with Gasteiger partial charge < -0.3 is 5.32 Å². The van der Waals surface area contributed by atoms with Gasteiger partial charge >= 0.3 is 0 Å². The number of halogens is 3. The molecule has 1 aromatic heterocycles. The summed E-state index contributed by atoms with van der Waals surface area (Å²) < 4.78 is 26.1. The first-order chi connectivity index (χ1) is 8.97. The van der Waals surface area contributed by atoms with E-state index in [9.17, 15) is 13.6 Å². The summed E-state index contributed by atoms with van der Waals surface area (Å²) >= 11 is 5.72. The van der Waals surface area contributed by atoms with Crippen molar-refractivity contribution >= 4 is 23.2 Å². The highest BCUT2D eigenvalue weighted by atomic mass is 35.5. The first-order valence-electron chi connectivity index (χ1n) is 5.36. The van der Waals surface area contributed by atoms with E-state index >= 15 is 0 Å². The Morgan fingerprint density at radius 1 is 1.26 bits per heavy atom. The molecule has 0 aliphatic rings. The quantitative estimate of drug-likeness (QED) is 0.856. The fourth-order valence-electron chi connectivity index (χ4n) is 1.50. The van der Waals surface area contributed by atoms with Crippen LogP contribution in [0.5, 0.6) is 0 Å². The van der Waals surface area contributed by atoms with E-state index in [4.69, 9.17) is 11.6 Å². The minimum Gasteiger partial charge on any atom is -0.322 e. The van der Waals surface area contributed by atoms with E-state index in [1.165, 1.54) is 18.2 Å². The van der Waals surface area contributed by atoms with Gasteiger partial charge in [-0.25, -0.2) is 13.8 Å². The topological polar surface area (TPSA) is 42.0 Å². The summed E-state index contributed by atoms with van der Waals surface area (Å²) in [5.74, 6) is -1.81. The Bertz CT molecular complexity index is 647. The highest BCUT2D eigenvalue weighted by Crippen LogP contribution is 2.19. The lowest BCUT2D eigenvalue weighted by molar-refractivity contribution is 0.102. The van der Waals surface area contributed by atoms with Crippen LogP contribution in [0.4, 0.5) is 14.5 Å². The average molecular weight is 283 g/mol. The minimum absolute atomic E-state index is 0.106. The van der Waals surface area contributed by atoms with Crippen LogP contribution in [0.2, 0.25) is 5.15 Å². The van der Waals surface area contributed by atoms with Gasteiger partial charge in [-0.2, -0.15) is 0 Å². The number of pyridine rings is 1. The van der Waals surface area contributed by atoms with Crippen molar-refractivity contribution < 1.29 is 13.6 Å². The van der Waals surface area contributed by atoms with Crippen molar-refractivity contribution in [3.63, 3.8) is 0 Å². The van der Waals surface area contributed by atoms with E-state index in [-0.39, 0.29) is 10.7 Å². The number of hydrogen-bond acceptors (Lipinski definition) is 2. The predicted molar refractivity (Wildman–Crippen MR) is 68.3 cm³/mol. The number of nitrogens with one attached hydrogen (secondary N) is 1. The fourth-order valence-corrected chi connectivity index (χ4v) is 1.69. The first-order valence-corrected chi connectivity index (χ1v) is 5.73. The number of carbonyl (C=O) groups excluding carboxylic acids is 1. The van der Waals surface area contributed by atoms with Crippen molar-refractivity contribution in [2.75, 3.05) is 5.32 Å². The van der Waals surface area contributed by atoms with E-state index < -0.39 is 17.5 Å². The van der Waals surface area contributed by atoms with Crippen molar-refractivity contribution in [1.29, 1.82) is 0 Å². The number of anilines is 1. The molecule has 1 amide bonds. The number of benzene rings is 1. The van der Waals surface area contributed by atoms with Crippen LogP contribution < -0.4 is 5.32 Å². The molecule has 6 heteroatoms. The van der Waals surface area contributed by atoms with Crippen molar-refractivity contribution in [3.8, 4) is 0 Å². The van der Waals surface area contributed by atoms with Crippen molar-refractivity contribution in [3.05, 3.63) is 58.4 Å². The van der Waals surface area contributed by atoms with Gasteiger partial charge in [-0.1, -0.05) is 17.7 Å². The number of aromatic nitrogens is 1. The maximum atomic E-state index is 13.1. The zero-order valence-corrected chi connectivity index (χ0v) is 10.6. The Morgan fingerprint density at radius 2 is 2.00 bits per heavy atom. The molecule has 1 aromatic carbocycles. The largest absolute Gasteiger partial charge is 0.322 e. The van der Waals surface area contributed by atoms with Crippen molar-refractivity contribution in [2.24, 2.45) is 0 Å². The molecular formula is C13H9ClF2N2O. The molecule has 19 heavy (non-hydrogen) atoms. The van der Waals surface area contributed by atoms with Gasteiger partial charge in [0.2, 0.25) is 0 Å². The molecule has 2 rings (SSSR count). The molecule has 1 heterocycles. The summed E-state index contributed by atoms with van der Waals surface area (Å²) in [5, 5.41) is 2.35. The number of amides is 1. The lowest BCUT2D eigenvalue weighted by Gasteiger charge is -2.09. The first kappa shape index (κ1) is 13.4. The summed E-state index contributed by atoms with van der Waals surface area (Å²) in [6.45, 7) is 1.71. The number of hydrogen-bond donors (Lipinski definition) is 1. The Hall–Kier alpha value is -2.01. The molecule has 0 fully saturated rings. The Labute approximate surface area is 113 Å². The summed E-state index contributed by atoms with van der Waals surface area (Å²) in [6.07, 6.45) is 0.909. The molecule has 0 saturated carbocycles. The van der Waals surface area contributed by atoms with E-state index in [1.807, 2.05) is 0 Å². The monoisotopic (exact) mass is 282 g/mol. The molecule has 0 aliphatic heterocycles. The molecule has 0 bridgehead atoms. The average Bonchev–Trinajstić information content (AvgIpc) is 2.36. The standard InChI is InChI=1S/C13H9ClF2N2O/c1-7-2-3-8(15)5-11(7)18-13(19)10-4-9(16)6-17-12(10)14/h2-6H,1H3,(H,18,19). The number of carbonyl (C=O) groups is 1. The van der Waals surface area contributed by atoms with Crippen LogP contribution in [0.1, 0.15) is 15.9 Å². The summed E-state index contributed by atoms with van der Waals surface area (Å²) in [7, 11) is 0. The van der Waals surface area contributed by atoms with Crippen LogP contribution in [0.3, 0.4) is 0 Å². The molecule has 2 aromatic rings. The summed E-state index contributed by atoms with van der Waals surface area (Å²) in [5.41, 5.74) is 0.867. The van der Waals surface area contributed by atoms with Crippen molar-refractivity contribution in [2.45, 2.75) is 6.92 Å². The molecule has 0 atom stereocenters. The zero-order valence-electron chi connectivity index (χ0n) is 9.88. The van der Waals surface area contributed by atoms with E-state index in [0.29, 0.717) is 11.3 Å². The molecule has 0 aliphatic carbocycles. The highest BCUT2D eigenvalue weighted by Gasteiger charge is 2.14. The maximum Gasteiger partial charge on any atom is 0.258 e. The van der Waals surface area contributed by atoms with Gasteiger partial charge in [0, 0.05) is 5.69 Å². The molecule has 98 valence electrons. The molecule has 0 radical (unpaired) electrons. The van der Waals surface area contributed by atoms with Gasteiger partial charge in [0.15, 0.2) is 0 Å². The fraction of sp³-hybridized carbons (Fsp3) is 0.0769. The van der Waals surface area contributed by atoms with Gasteiger partial charge in [0.25, 0.3) is 5.91 Å². The smallest absolute Gasteiger partial charge is 0.258 e. The van der Waals surface area contributed by atoms with Crippen LogP contribution >= 0.6 is 11.6 Å². The second-order valence-corrected chi connectivity index (χ2v) is 4.26. The Balaban J connectivity index is 2.30. The molecule has 3 nitrogen and oxygen atoms in total. The van der Waals surface area contributed by atoms with E-state index in [2.05, 4.69) is 10.3 Å². The van der Waals surface area contributed by atoms with Gasteiger partial charge in [0.05, 0.1) is 11.8 Å². The molecule has 1 N–H and O–H groups in total. The van der Waals surface area contributed by atoms with Crippen LogP contribution in [0, 0.1) is 18.6 Å². The number of aryl methyl sites for hydroxylation is 1. The van der Waals surface area contributed by atoms with Crippen LogP contribution in [-0.2, 0) is 0 Å². The second-order valence-electron chi connectivity index (χ2n) is 3.91. The van der Waals surface area contributed by atoms with Gasteiger partial charge in [-0.15, -0.1) is 0 Å². The van der Waals surface area contributed by atoms with E-state index in [0.717, 1.165) is 12.3 Å². The highest BCUT2D eigenvalue weighted by molar-refractivity contribution is 6.33. The normalized spacial score (nSPS) is 10.3. The Morgan fingerprint density at radius 3 is 2.74 bits per heavy atom. The lowest BCUT2D eigenvalue weighted by Crippen LogP contribution is -2.14. The van der Waals surface area contributed by atoms with Gasteiger partial charge in [-0.05, 0) is 30.7 Å². The SMILES string of the molecule is Cc1ccc(F)cc1NC(=O)c1cc(F)cnc1Cl. The Kier molecular flexibility index (Phi) is 3.76. The molecule has 0 saturated heterocycles. The maximum absolute atomic E-state index is 13.1. The third kappa shape index (κ3) is 3.06. The zero-order chi connectivity index (χ0) is 14.0. The number of rotatable bonds is 2. The lowest BCUT2D eigenvalue weighted by atomic mass is 10.2. The summed E-state index contributed by atoms with van der Waals surface area (Å²) in [6, 6.07) is 4.95. The molecular weight excluding hydrogens is 274 g/mol. The van der Waals surface area contributed by atoms with Crippen LogP contribution in [0.25, 0.3) is 0 Å². The van der Waals surface area contributed by atoms with Crippen LogP contribution in [-0.4, -0.2) is 10.9 Å². The minimum atomic E-state index is -0.675. The van der Waals surface area contributed by atoms with Crippen molar-refractivity contribution in [1.82, 2.24) is 4.98 Å². The summed E-state index contributed by atoms with van der Waals surface area (Å²) in [4.78, 5) is 15.5. The van der Waals surface area contributed by atoms with Crippen LogP contribution in [0.15, 0.2) is 30.5 Å².